The zero-order chi connectivity index (χ0) is 45.2. The van der Waals surface area contributed by atoms with Crippen LogP contribution in [-0.2, 0) is 0 Å². The molecular weight excluding hydrogens is 843 g/mol. The molecule has 11 aromatic carbocycles. The van der Waals surface area contributed by atoms with Gasteiger partial charge in [0.1, 0.15) is 11.2 Å². The quantitative estimate of drug-likeness (QED) is 0.173. The van der Waals surface area contributed by atoms with E-state index in [-0.39, 0.29) is 0 Å². The predicted octanol–water partition coefficient (Wildman–Crippen LogP) is 16.4. The number of nitrogens with zero attached hydrogens (tertiary/aromatic N) is 5. The van der Waals surface area contributed by atoms with Gasteiger partial charge in [0, 0.05) is 54.8 Å². The first kappa shape index (κ1) is 37.8. The van der Waals surface area contributed by atoms with Crippen molar-refractivity contribution in [1.29, 1.82) is 0 Å². The highest BCUT2D eigenvalue weighted by atomic mass is 16.3. The van der Waals surface area contributed by atoms with E-state index in [4.69, 9.17) is 19.4 Å². The average molecular weight is 880 g/mol. The monoisotopic (exact) mass is 879 g/mol. The third-order valence-electron chi connectivity index (χ3n) is 14.1. The molecule has 4 heterocycles. The Balaban J connectivity index is 1.05. The van der Waals surface area contributed by atoms with E-state index in [1.54, 1.807) is 0 Å². The summed E-state index contributed by atoms with van der Waals surface area (Å²) in [5.41, 5.74) is 10.7. The van der Waals surface area contributed by atoms with Crippen molar-refractivity contribution >= 4 is 97.9 Å². The number of furan rings is 1. The molecular formula is C63H37N5O. The van der Waals surface area contributed by atoms with Crippen LogP contribution in [0.3, 0.4) is 0 Å². The molecule has 6 nitrogen and oxygen atoms in total. The van der Waals surface area contributed by atoms with Gasteiger partial charge in [-0.3, -0.25) is 0 Å². The van der Waals surface area contributed by atoms with Crippen LogP contribution >= 0.6 is 0 Å². The molecule has 0 aliphatic carbocycles. The Morgan fingerprint density at radius 3 is 1.64 bits per heavy atom. The third kappa shape index (κ3) is 5.69. The van der Waals surface area contributed by atoms with Crippen molar-refractivity contribution in [1.82, 2.24) is 24.1 Å². The van der Waals surface area contributed by atoms with Crippen LogP contribution in [0.15, 0.2) is 229 Å². The molecule has 4 aromatic heterocycles. The van der Waals surface area contributed by atoms with Gasteiger partial charge >= 0.3 is 0 Å². The Bertz CT molecular complexity index is 4610. The lowest BCUT2D eigenvalue weighted by molar-refractivity contribution is 0.669. The van der Waals surface area contributed by atoms with Gasteiger partial charge in [-0.1, -0.05) is 152 Å². The van der Waals surface area contributed by atoms with E-state index in [0.717, 1.165) is 104 Å². The van der Waals surface area contributed by atoms with Gasteiger partial charge in [-0.2, -0.15) is 0 Å². The maximum atomic E-state index is 7.05. The minimum Gasteiger partial charge on any atom is -0.455 e. The van der Waals surface area contributed by atoms with E-state index in [1.807, 2.05) is 0 Å². The van der Waals surface area contributed by atoms with E-state index in [9.17, 15) is 0 Å². The fourth-order valence-corrected chi connectivity index (χ4v) is 11.0. The largest absolute Gasteiger partial charge is 0.455 e. The standard InChI is InChI=1S/C63H37N5O/c1-2-20-43(21-3-1)67-54-27-12-10-24-47(54)50-34-42(29-31-56(50)67)61-64-62(49-26-14-19-38-15-6-8-22-45(38)49)66-63(65-61)53-37-44(36-52-59-46-23-9-7-16-39(46)30-32-58(59)69-60(52)53)68-55-28-13-11-25-48(55)51-33-40-17-4-5-18-41(40)35-57(51)68/h1-37H. The molecule has 0 spiro atoms. The predicted molar refractivity (Wildman–Crippen MR) is 285 cm³/mol. The summed E-state index contributed by atoms with van der Waals surface area (Å²) in [4.78, 5) is 16.4. The van der Waals surface area contributed by atoms with Gasteiger partial charge in [-0.15, -0.1) is 0 Å². The average Bonchev–Trinajstić information content (AvgIpc) is 4.07. The molecule has 0 bridgehead atoms. The molecule has 6 heteroatoms. The van der Waals surface area contributed by atoms with Crippen molar-refractivity contribution in [2.45, 2.75) is 0 Å². The molecule has 0 aliphatic heterocycles. The van der Waals surface area contributed by atoms with Crippen LogP contribution in [0.1, 0.15) is 0 Å². The van der Waals surface area contributed by atoms with Crippen LogP contribution in [0, 0.1) is 0 Å². The summed E-state index contributed by atoms with van der Waals surface area (Å²) < 4.78 is 11.8. The molecule has 0 aliphatic rings. The van der Waals surface area contributed by atoms with Gasteiger partial charge < -0.3 is 13.6 Å². The van der Waals surface area contributed by atoms with Crippen molar-refractivity contribution in [3.05, 3.63) is 224 Å². The minimum atomic E-state index is 0.524. The Hall–Kier alpha value is -9.39. The van der Waals surface area contributed by atoms with Crippen LogP contribution in [-0.4, -0.2) is 24.1 Å². The molecule has 0 radical (unpaired) electrons. The smallest absolute Gasteiger partial charge is 0.167 e. The van der Waals surface area contributed by atoms with Gasteiger partial charge in [0.15, 0.2) is 17.5 Å². The van der Waals surface area contributed by atoms with Gasteiger partial charge in [-0.05, 0) is 105 Å². The molecule has 0 atom stereocenters. The number of fused-ring (bicyclic) bond motifs is 13. The molecule has 320 valence electrons. The van der Waals surface area contributed by atoms with E-state index < -0.39 is 0 Å². The number of hydrogen-bond donors (Lipinski definition) is 0. The molecule has 15 rings (SSSR count). The highest BCUT2D eigenvalue weighted by molar-refractivity contribution is 6.22. The first-order chi connectivity index (χ1) is 34.2. The second-order valence-corrected chi connectivity index (χ2v) is 18.0. The molecule has 0 fully saturated rings. The lowest BCUT2D eigenvalue weighted by Gasteiger charge is -2.13. The Labute approximate surface area is 394 Å². The highest BCUT2D eigenvalue weighted by Gasteiger charge is 2.24. The topological polar surface area (TPSA) is 61.7 Å². The molecule has 0 unspecified atom stereocenters. The van der Waals surface area contributed by atoms with Crippen LogP contribution in [0.5, 0.6) is 0 Å². The summed E-state index contributed by atoms with van der Waals surface area (Å²) in [5, 5.41) is 13.5. The van der Waals surface area contributed by atoms with Crippen molar-refractivity contribution in [2.75, 3.05) is 0 Å². The molecule has 69 heavy (non-hydrogen) atoms. The summed E-state index contributed by atoms with van der Waals surface area (Å²) in [6.07, 6.45) is 0. The fraction of sp³-hybridized carbons (Fsp3) is 0. The summed E-state index contributed by atoms with van der Waals surface area (Å²) in [5.74, 6) is 1.68. The van der Waals surface area contributed by atoms with Crippen molar-refractivity contribution in [2.24, 2.45) is 0 Å². The second kappa shape index (κ2) is 14.6. The van der Waals surface area contributed by atoms with Crippen LogP contribution in [0.2, 0.25) is 0 Å². The maximum Gasteiger partial charge on any atom is 0.167 e. The van der Waals surface area contributed by atoms with Crippen molar-refractivity contribution < 1.29 is 4.42 Å². The molecule has 0 saturated heterocycles. The van der Waals surface area contributed by atoms with Crippen LogP contribution < -0.4 is 0 Å². The second-order valence-electron chi connectivity index (χ2n) is 18.0. The van der Waals surface area contributed by atoms with Gasteiger partial charge in [-0.25, -0.2) is 15.0 Å². The minimum absolute atomic E-state index is 0.524. The summed E-state index contributed by atoms with van der Waals surface area (Å²) in [6.45, 7) is 0. The molecule has 0 amide bonds. The molecule has 0 N–H and O–H groups in total. The zero-order valence-electron chi connectivity index (χ0n) is 37.0. The van der Waals surface area contributed by atoms with Crippen LogP contribution in [0.4, 0.5) is 0 Å². The third-order valence-corrected chi connectivity index (χ3v) is 14.1. The lowest BCUT2D eigenvalue weighted by atomic mass is 10.0. The number of benzene rings is 11. The number of rotatable bonds is 5. The van der Waals surface area contributed by atoms with E-state index in [0.29, 0.717) is 17.5 Å². The Morgan fingerprint density at radius 2 is 0.870 bits per heavy atom. The zero-order valence-corrected chi connectivity index (χ0v) is 37.0. The van der Waals surface area contributed by atoms with Crippen molar-refractivity contribution in [3.63, 3.8) is 0 Å². The SMILES string of the molecule is c1ccc(-n2c3ccccc3c3cc(-c4nc(-c5cccc6ccccc56)nc(-c5cc(-n6c7ccccc7c7cc8ccccc8cc76)cc6c5oc5ccc7ccccc7c56)n4)ccc32)cc1. The normalized spacial score (nSPS) is 12.1. The Morgan fingerprint density at radius 1 is 0.304 bits per heavy atom. The first-order valence-corrected chi connectivity index (χ1v) is 23.3. The van der Waals surface area contributed by atoms with Crippen LogP contribution in [0.25, 0.3) is 143 Å². The molecule has 0 saturated carbocycles. The lowest BCUT2D eigenvalue weighted by Crippen LogP contribution is -2.02. The first-order valence-electron chi connectivity index (χ1n) is 23.3. The number of hydrogen-bond acceptors (Lipinski definition) is 4. The van der Waals surface area contributed by atoms with E-state index >= 15 is 0 Å². The fourth-order valence-electron chi connectivity index (χ4n) is 11.0. The highest BCUT2D eigenvalue weighted by Crippen LogP contribution is 2.44. The number of aromatic nitrogens is 5. The number of para-hydroxylation sites is 3. The van der Waals surface area contributed by atoms with Gasteiger partial charge in [0.2, 0.25) is 0 Å². The molecule has 15 aromatic rings. The summed E-state index contributed by atoms with van der Waals surface area (Å²) in [7, 11) is 0. The van der Waals surface area contributed by atoms with Gasteiger partial charge in [0.05, 0.1) is 27.6 Å². The summed E-state index contributed by atoms with van der Waals surface area (Å²) >= 11 is 0. The maximum absolute atomic E-state index is 7.05. The van der Waals surface area contributed by atoms with Crippen molar-refractivity contribution in [3.8, 4) is 45.5 Å². The van der Waals surface area contributed by atoms with E-state index in [1.165, 1.54) is 21.5 Å². The van der Waals surface area contributed by atoms with Gasteiger partial charge in [0.25, 0.3) is 0 Å². The van der Waals surface area contributed by atoms with E-state index in [2.05, 4.69) is 234 Å². The summed E-state index contributed by atoms with van der Waals surface area (Å²) in [6, 6.07) is 79.8. The Kier molecular flexibility index (Phi) is 7.97.